The Hall–Kier alpha value is -1.06. The average Bonchev–Trinajstić information content (AvgIpc) is 3.45. The minimum Gasteiger partial charge on any atom is -0.492 e. The molecule has 2 N–H and O–H groups in total. The third-order valence-corrected chi connectivity index (χ3v) is 4.26. The Morgan fingerprint density at radius 1 is 1.23 bits per heavy atom. The van der Waals surface area contributed by atoms with Crippen molar-refractivity contribution in [1.29, 1.82) is 0 Å². The van der Waals surface area contributed by atoms with Gasteiger partial charge < -0.3 is 25.0 Å². The van der Waals surface area contributed by atoms with E-state index in [1.165, 1.54) is 18.4 Å². The first-order chi connectivity index (χ1) is 12.2. The molecule has 6 nitrogen and oxygen atoms in total. The SMILES string of the molecule is CN=C(NCc1cccc(OCCN(C)CCOC)c1)NCC1CC1.I. The maximum absolute atomic E-state index is 5.86. The summed E-state index contributed by atoms with van der Waals surface area (Å²) >= 11 is 0. The number of hydrogen-bond acceptors (Lipinski definition) is 4. The van der Waals surface area contributed by atoms with Gasteiger partial charge >= 0.3 is 0 Å². The van der Waals surface area contributed by atoms with Gasteiger partial charge in [0.05, 0.1) is 6.61 Å². The molecule has 1 saturated carbocycles. The van der Waals surface area contributed by atoms with Gasteiger partial charge in [-0.3, -0.25) is 4.99 Å². The Balaban J connectivity index is 0.00000338. The maximum Gasteiger partial charge on any atom is 0.191 e. The van der Waals surface area contributed by atoms with Gasteiger partial charge in [0.1, 0.15) is 12.4 Å². The number of hydrogen-bond donors (Lipinski definition) is 2. The molecule has 0 aliphatic heterocycles. The monoisotopic (exact) mass is 476 g/mol. The topological polar surface area (TPSA) is 58.1 Å². The van der Waals surface area contributed by atoms with E-state index in [4.69, 9.17) is 9.47 Å². The summed E-state index contributed by atoms with van der Waals surface area (Å²) in [7, 11) is 5.60. The van der Waals surface area contributed by atoms with Crippen molar-refractivity contribution in [1.82, 2.24) is 15.5 Å². The minimum absolute atomic E-state index is 0. The van der Waals surface area contributed by atoms with Gasteiger partial charge in [-0.05, 0) is 43.5 Å². The summed E-state index contributed by atoms with van der Waals surface area (Å²) in [6.07, 6.45) is 2.67. The standard InChI is InChI=1S/C19H32N4O2.HI/c1-20-19(21-14-16-7-8-16)22-15-17-5-4-6-18(13-17)25-12-10-23(2)9-11-24-3;/h4-6,13,16H,7-12,14-15H2,1-3H3,(H2,20,21,22);1H. The molecular weight excluding hydrogens is 443 g/mol. The second-order valence-electron chi connectivity index (χ2n) is 6.54. The molecule has 0 saturated heterocycles. The van der Waals surface area contributed by atoms with Crippen molar-refractivity contribution < 1.29 is 9.47 Å². The Labute approximate surface area is 174 Å². The normalized spacial score (nSPS) is 14.1. The van der Waals surface area contributed by atoms with E-state index in [-0.39, 0.29) is 24.0 Å². The van der Waals surface area contributed by atoms with E-state index in [0.29, 0.717) is 6.61 Å². The van der Waals surface area contributed by atoms with E-state index in [2.05, 4.69) is 39.7 Å². The Kier molecular flexibility index (Phi) is 11.6. The van der Waals surface area contributed by atoms with E-state index in [0.717, 1.165) is 50.4 Å². The lowest BCUT2D eigenvalue weighted by Gasteiger charge is -2.16. The first-order valence-corrected chi connectivity index (χ1v) is 9.05. The second kappa shape index (κ2) is 13.2. The van der Waals surface area contributed by atoms with Crippen molar-refractivity contribution in [3.8, 4) is 5.75 Å². The first-order valence-electron chi connectivity index (χ1n) is 9.05. The summed E-state index contributed by atoms with van der Waals surface area (Å²) in [6, 6.07) is 8.20. The average molecular weight is 476 g/mol. The Morgan fingerprint density at radius 3 is 2.69 bits per heavy atom. The number of nitrogens with zero attached hydrogens (tertiary/aromatic N) is 2. The molecular formula is C19H33IN4O2. The molecule has 0 amide bonds. The van der Waals surface area contributed by atoms with E-state index >= 15 is 0 Å². The predicted octanol–water partition coefficient (Wildman–Crippen LogP) is 2.34. The molecule has 0 radical (unpaired) electrons. The van der Waals surface area contributed by atoms with Crippen molar-refractivity contribution >= 4 is 29.9 Å². The zero-order valence-electron chi connectivity index (χ0n) is 16.2. The number of aliphatic imine (C=N–C) groups is 1. The third-order valence-electron chi connectivity index (χ3n) is 4.26. The summed E-state index contributed by atoms with van der Waals surface area (Å²) in [5, 5.41) is 6.73. The number of rotatable bonds is 11. The molecule has 7 heteroatoms. The van der Waals surface area contributed by atoms with Crippen LogP contribution in [0.3, 0.4) is 0 Å². The van der Waals surface area contributed by atoms with Gasteiger partial charge in [0.15, 0.2) is 5.96 Å². The fourth-order valence-corrected chi connectivity index (χ4v) is 2.39. The highest BCUT2D eigenvalue weighted by Crippen LogP contribution is 2.27. The quantitative estimate of drug-likeness (QED) is 0.292. The summed E-state index contributed by atoms with van der Waals surface area (Å²) < 4.78 is 10.9. The van der Waals surface area contributed by atoms with Gasteiger partial charge in [-0.2, -0.15) is 0 Å². The Morgan fingerprint density at radius 2 is 2.00 bits per heavy atom. The highest BCUT2D eigenvalue weighted by molar-refractivity contribution is 14.0. The van der Waals surface area contributed by atoms with Crippen LogP contribution in [0.15, 0.2) is 29.3 Å². The number of halogens is 1. The van der Waals surface area contributed by atoms with Crippen LogP contribution in [0, 0.1) is 5.92 Å². The molecule has 1 aromatic carbocycles. The fourth-order valence-electron chi connectivity index (χ4n) is 2.39. The van der Waals surface area contributed by atoms with Crippen LogP contribution in [-0.4, -0.2) is 64.9 Å². The third kappa shape index (κ3) is 9.59. The van der Waals surface area contributed by atoms with Crippen LogP contribution in [-0.2, 0) is 11.3 Å². The van der Waals surface area contributed by atoms with Gasteiger partial charge in [0.25, 0.3) is 0 Å². The highest BCUT2D eigenvalue weighted by Gasteiger charge is 2.20. The summed E-state index contributed by atoms with van der Waals surface area (Å²) in [4.78, 5) is 6.47. The van der Waals surface area contributed by atoms with Crippen molar-refractivity contribution in [2.45, 2.75) is 19.4 Å². The van der Waals surface area contributed by atoms with Crippen LogP contribution in [0.5, 0.6) is 5.75 Å². The van der Waals surface area contributed by atoms with Crippen molar-refractivity contribution in [3.63, 3.8) is 0 Å². The van der Waals surface area contributed by atoms with Gasteiger partial charge in [0, 0.05) is 40.3 Å². The number of methoxy groups -OCH3 is 1. The molecule has 0 atom stereocenters. The highest BCUT2D eigenvalue weighted by atomic mass is 127. The molecule has 0 heterocycles. The minimum atomic E-state index is 0. The largest absolute Gasteiger partial charge is 0.492 e. The predicted molar refractivity (Wildman–Crippen MR) is 118 cm³/mol. The van der Waals surface area contributed by atoms with Crippen LogP contribution in [0.25, 0.3) is 0 Å². The summed E-state index contributed by atoms with van der Waals surface area (Å²) in [6.45, 7) is 4.95. The summed E-state index contributed by atoms with van der Waals surface area (Å²) in [5.74, 6) is 2.59. The van der Waals surface area contributed by atoms with E-state index in [1.54, 1.807) is 7.11 Å². The molecule has 0 unspecified atom stereocenters. The number of benzene rings is 1. The lowest BCUT2D eigenvalue weighted by molar-refractivity contribution is 0.150. The van der Waals surface area contributed by atoms with E-state index in [1.807, 2.05) is 19.2 Å². The van der Waals surface area contributed by atoms with Gasteiger partial charge in [-0.1, -0.05) is 12.1 Å². The van der Waals surface area contributed by atoms with E-state index in [9.17, 15) is 0 Å². The van der Waals surface area contributed by atoms with Crippen LogP contribution in [0.2, 0.25) is 0 Å². The number of guanidine groups is 1. The Bertz CT molecular complexity index is 538. The molecule has 2 rings (SSSR count). The first kappa shape index (κ1) is 23.0. The molecule has 1 aliphatic carbocycles. The van der Waals surface area contributed by atoms with Gasteiger partial charge in [-0.15, -0.1) is 24.0 Å². The van der Waals surface area contributed by atoms with Crippen molar-refractivity contribution in [2.24, 2.45) is 10.9 Å². The smallest absolute Gasteiger partial charge is 0.191 e. The summed E-state index contributed by atoms with van der Waals surface area (Å²) in [5.41, 5.74) is 1.18. The maximum atomic E-state index is 5.86. The molecule has 1 fully saturated rings. The number of ether oxygens (including phenoxy) is 2. The molecule has 1 aliphatic rings. The number of likely N-dealkylation sites (N-methyl/N-ethyl adjacent to an activating group) is 1. The van der Waals surface area contributed by atoms with Crippen LogP contribution >= 0.6 is 24.0 Å². The number of nitrogens with one attached hydrogen (secondary N) is 2. The van der Waals surface area contributed by atoms with Crippen molar-refractivity contribution in [3.05, 3.63) is 29.8 Å². The van der Waals surface area contributed by atoms with Gasteiger partial charge in [0.2, 0.25) is 0 Å². The van der Waals surface area contributed by atoms with Crippen molar-refractivity contribution in [2.75, 3.05) is 54.1 Å². The molecule has 0 spiro atoms. The molecule has 0 aromatic heterocycles. The zero-order valence-corrected chi connectivity index (χ0v) is 18.5. The van der Waals surface area contributed by atoms with Gasteiger partial charge in [-0.25, -0.2) is 0 Å². The molecule has 148 valence electrons. The van der Waals surface area contributed by atoms with Crippen LogP contribution < -0.4 is 15.4 Å². The molecule has 0 bridgehead atoms. The zero-order chi connectivity index (χ0) is 17.9. The second-order valence-corrected chi connectivity index (χ2v) is 6.54. The van der Waals surface area contributed by atoms with E-state index < -0.39 is 0 Å². The molecule has 1 aromatic rings. The fraction of sp³-hybridized carbons (Fsp3) is 0.632. The van der Waals surface area contributed by atoms with Crippen LogP contribution in [0.1, 0.15) is 18.4 Å². The lowest BCUT2D eigenvalue weighted by atomic mass is 10.2. The van der Waals surface area contributed by atoms with Crippen LogP contribution in [0.4, 0.5) is 0 Å². The lowest BCUT2D eigenvalue weighted by Crippen LogP contribution is -2.37. The molecule has 26 heavy (non-hydrogen) atoms.